The highest BCUT2D eigenvalue weighted by molar-refractivity contribution is 7.16. The number of ketones is 2. The van der Waals surface area contributed by atoms with Gasteiger partial charge in [-0.15, -0.1) is 11.3 Å². The van der Waals surface area contributed by atoms with Crippen LogP contribution < -0.4 is 0 Å². The molecule has 0 unspecified atom stereocenters. The van der Waals surface area contributed by atoms with Crippen LogP contribution in [0.2, 0.25) is 0 Å². The number of methoxy groups -OCH3 is 2. The molecule has 0 radical (unpaired) electrons. The lowest BCUT2D eigenvalue weighted by molar-refractivity contribution is 0.0627. The van der Waals surface area contributed by atoms with Gasteiger partial charge in [0.15, 0.2) is 10.8 Å². The molecule has 0 aromatic carbocycles. The summed E-state index contributed by atoms with van der Waals surface area (Å²) in [5, 5.41) is 0.119. The molecule has 1 aromatic heterocycles. The Morgan fingerprint density at radius 1 is 1.14 bits per heavy atom. The summed E-state index contributed by atoms with van der Waals surface area (Å²) in [6, 6.07) is 0. The highest BCUT2D eigenvalue weighted by atomic mass is 32.1. The lowest BCUT2D eigenvalue weighted by Gasteiger charge is -2.20. The van der Waals surface area contributed by atoms with Crippen molar-refractivity contribution in [3.05, 3.63) is 15.6 Å². The molecule has 0 saturated carbocycles. The van der Waals surface area contributed by atoms with Gasteiger partial charge in [0.25, 0.3) is 5.91 Å². The Bertz CT molecular complexity index is 751. The summed E-state index contributed by atoms with van der Waals surface area (Å²) >= 11 is 0.964. The molecule has 10 heteroatoms. The number of nitrogens with zero attached hydrogens (tertiary/aromatic N) is 4. The number of carbonyl (C=O) groups excluding carboxylic acids is 3. The summed E-state index contributed by atoms with van der Waals surface area (Å²) in [6.45, 7) is 2.55. The first kappa shape index (κ1) is 22.3. The fraction of sp³-hybridized carbons (Fsp3) is 0.611. The van der Waals surface area contributed by atoms with E-state index in [0.29, 0.717) is 39.4 Å². The topological polar surface area (TPSA) is 101 Å². The number of rotatable bonds is 10. The van der Waals surface area contributed by atoms with Crippen molar-refractivity contribution in [3.63, 3.8) is 0 Å². The Morgan fingerprint density at radius 3 is 2.36 bits per heavy atom. The van der Waals surface area contributed by atoms with Crippen LogP contribution in [0.4, 0.5) is 0 Å². The maximum Gasteiger partial charge on any atom is 0.283 e. The van der Waals surface area contributed by atoms with Gasteiger partial charge in [-0.2, -0.15) is 0 Å². The van der Waals surface area contributed by atoms with Crippen molar-refractivity contribution in [1.29, 1.82) is 0 Å². The molecule has 0 aliphatic heterocycles. The van der Waals surface area contributed by atoms with Crippen molar-refractivity contribution < 1.29 is 23.9 Å². The Hall–Kier alpha value is -2.01. The monoisotopic (exact) mass is 410 g/mol. The summed E-state index contributed by atoms with van der Waals surface area (Å²) in [5.74, 6) is -0.945. The number of ether oxygens (including phenoxy) is 2. The first-order valence-corrected chi connectivity index (χ1v) is 9.74. The van der Waals surface area contributed by atoms with E-state index in [0.717, 1.165) is 11.3 Å². The summed E-state index contributed by atoms with van der Waals surface area (Å²) in [7, 11) is 6.91. The Labute approximate surface area is 168 Å². The zero-order chi connectivity index (χ0) is 20.7. The Kier molecular flexibility index (Phi) is 8.36. The number of hydrogen-bond donors (Lipinski definition) is 0. The molecule has 154 valence electrons. The minimum Gasteiger partial charge on any atom is -0.383 e. The molecule has 9 nitrogen and oxygen atoms in total. The number of likely N-dealkylation sites (N-methyl/N-ethyl adjacent to an activating group) is 1. The molecular weight excluding hydrogens is 384 g/mol. The van der Waals surface area contributed by atoms with Gasteiger partial charge in [0.05, 0.1) is 31.9 Å². The van der Waals surface area contributed by atoms with Gasteiger partial charge < -0.3 is 19.3 Å². The predicted octanol–water partition coefficient (Wildman–Crippen LogP) is 0.650. The third-order valence-corrected chi connectivity index (χ3v) is 5.22. The fourth-order valence-electron chi connectivity index (χ4n) is 2.57. The SMILES string of the molecule is COCCN(CCOC)C(=O)c1nc2c(s1)C(=O)CC(=NCCN(C)C)C2=O. The van der Waals surface area contributed by atoms with Crippen molar-refractivity contribution in [1.82, 2.24) is 14.8 Å². The van der Waals surface area contributed by atoms with E-state index in [-0.39, 0.29) is 45.2 Å². The standard InChI is InChI=1S/C18H26N4O5S/c1-21(2)6-5-19-12-11-13(23)16-14(15(12)24)20-17(28-16)18(25)22(7-9-26-3)8-10-27-4/h5-11H2,1-4H3. The van der Waals surface area contributed by atoms with E-state index in [2.05, 4.69) is 9.98 Å². The van der Waals surface area contributed by atoms with Crippen molar-refractivity contribution in [2.45, 2.75) is 6.42 Å². The van der Waals surface area contributed by atoms with Crippen LogP contribution in [0.1, 0.15) is 36.4 Å². The number of hydrogen-bond acceptors (Lipinski definition) is 9. The Morgan fingerprint density at radius 2 is 1.79 bits per heavy atom. The second-order valence-corrected chi connectivity index (χ2v) is 7.53. The molecule has 2 rings (SSSR count). The zero-order valence-corrected chi connectivity index (χ0v) is 17.5. The third kappa shape index (κ3) is 5.51. The van der Waals surface area contributed by atoms with Crippen LogP contribution >= 0.6 is 11.3 Å². The van der Waals surface area contributed by atoms with Crippen molar-refractivity contribution in [3.8, 4) is 0 Å². The van der Waals surface area contributed by atoms with Crippen LogP contribution in [0.25, 0.3) is 0 Å². The minimum atomic E-state index is -0.371. The molecule has 0 N–H and O–H groups in total. The second kappa shape index (κ2) is 10.5. The predicted molar refractivity (Wildman–Crippen MR) is 106 cm³/mol. The number of amides is 1. The van der Waals surface area contributed by atoms with E-state index < -0.39 is 0 Å². The van der Waals surface area contributed by atoms with Gasteiger partial charge in [0, 0.05) is 33.9 Å². The number of Topliss-reactive ketones (excluding diaryl/α,β-unsaturated/α-hetero) is 2. The van der Waals surface area contributed by atoms with Gasteiger partial charge in [0.2, 0.25) is 5.78 Å². The quantitative estimate of drug-likeness (QED) is 0.558. The molecule has 0 spiro atoms. The van der Waals surface area contributed by atoms with E-state index in [9.17, 15) is 14.4 Å². The minimum absolute atomic E-state index is 0.0339. The van der Waals surface area contributed by atoms with E-state index in [1.165, 1.54) is 0 Å². The zero-order valence-electron chi connectivity index (χ0n) is 16.7. The molecular formula is C18H26N4O5S. The molecule has 1 aliphatic rings. The molecule has 1 aromatic rings. The average Bonchev–Trinajstić information content (AvgIpc) is 3.11. The van der Waals surface area contributed by atoms with Gasteiger partial charge in [0.1, 0.15) is 10.6 Å². The first-order valence-electron chi connectivity index (χ1n) is 8.93. The van der Waals surface area contributed by atoms with Crippen molar-refractivity contribution >= 4 is 34.5 Å². The molecule has 0 saturated heterocycles. The van der Waals surface area contributed by atoms with Gasteiger partial charge in [-0.25, -0.2) is 4.98 Å². The molecule has 1 heterocycles. The maximum absolute atomic E-state index is 12.8. The van der Waals surface area contributed by atoms with Crippen LogP contribution in [0.15, 0.2) is 4.99 Å². The smallest absolute Gasteiger partial charge is 0.283 e. The molecule has 0 bridgehead atoms. The van der Waals surface area contributed by atoms with Crippen LogP contribution in [-0.4, -0.2) is 106 Å². The molecule has 0 atom stereocenters. The molecule has 1 amide bonds. The Balaban J connectivity index is 2.22. The van der Waals surface area contributed by atoms with Crippen molar-refractivity contribution in [2.24, 2.45) is 4.99 Å². The molecule has 28 heavy (non-hydrogen) atoms. The van der Waals surface area contributed by atoms with E-state index in [1.54, 1.807) is 19.1 Å². The lowest BCUT2D eigenvalue weighted by Crippen LogP contribution is -2.36. The second-order valence-electron chi connectivity index (χ2n) is 6.54. The van der Waals surface area contributed by atoms with E-state index >= 15 is 0 Å². The van der Waals surface area contributed by atoms with E-state index in [1.807, 2.05) is 19.0 Å². The van der Waals surface area contributed by atoms with Crippen LogP contribution in [0.5, 0.6) is 0 Å². The van der Waals surface area contributed by atoms with Gasteiger partial charge in [-0.05, 0) is 14.1 Å². The first-order chi connectivity index (χ1) is 13.4. The van der Waals surface area contributed by atoms with Crippen LogP contribution in [-0.2, 0) is 9.47 Å². The molecule has 0 fully saturated rings. The van der Waals surface area contributed by atoms with Crippen LogP contribution in [0, 0.1) is 0 Å². The molecule has 1 aliphatic carbocycles. The fourth-order valence-corrected chi connectivity index (χ4v) is 3.54. The summed E-state index contributed by atoms with van der Waals surface area (Å²) in [5.41, 5.74) is 0.242. The van der Waals surface area contributed by atoms with Gasteiger partial charge >= 0.3 is 0 Å². The highest BCUT2D eigenvalue weighted by Crippen LogP contribution is 2.27. The van der Waals surface area contributed by atoms with Gasteiger partial charge in [-0.3, -0.25) is 19.4 Å². The summed E-state index contributed by atoms with van der Waals surface area (Å²) in [4.78, 5) is 50.1. The average molecular weight is 410 g/mol. The van der Waals surface area contributed by atoms with Crippen molar-refractivity contribution in [2.75, 3.05) is 67.7 Å². The summed E-state index contributed by atoms with van der Waals surface area (Å²) < 4.78 is 10.1. The van der Waals surface area contributed by atoms with E-state index in [4.69, 9.17) is 9.47 Å². The number of thiazole rings is 1. The number of carbonyl (C=O) groups is 3. The number of aromatic nitrogens is 1. The lowest BCUT2D eigenvalue weighted by atomic mass is 9.98. The third-order valence-electron chi connectivity index (χ3n) is 4.14. The summed E-state index contributed by atoms with van der Waals surface area (Å²) in [6.07, 6.45) is -0.0495. The van der Waals surface area contributed by atoms with Gasteiger partial charge in [-0.1, -0.05) is 0 Å². The maximum atomic E-state index is 12.8. The highest BCUT2D eigenvalue weighted by Gasteiger charge is 2.35. The largest absolute Gasteiger partial charge is 0.383 e. The number of fused-ring (bicyclic) bond motifs is 1. The van der Waals surface area contributed by atoms with Crippen LogP contribution in [0.3, 0.4) is 0 Å². The normalized spacial score (nSPS) is 15.4. The number of aliphatic imine (C=N–C) groups is 1.